The van der Waals surface area contributed by atoms with Gasteiger partial charge in [0.2, 0.25) is 0 Å². The van der Waals surface area contributed by atoms with Gasteiger partial charge in [0, 0.05) is 17.5 Å². The Hall–Kier alpha value is -3.17. The lowest BCUT2D eigenvalue weighted by molar-refractivity contribution is -0.127. The van der Waals surface area contributed by atoms with Crippen molar-refractivity contribution in [2.45, 2.75) is 12.5 Å². The van der Waals surface area contributed by atoms with Gasteiger partial charge in [-0.15, -0.1) is 0 Å². The molecule has 0 radical (unpaired) electrons. The molecule has 4 heteroatoms. The fourth-order valence-corrected chi connectivity index (χ4v) is 3.40. The second-order valence-electron chi connectivity index (χ2n) is 6.61. The molecule has 4 rings (SSSR count). The largest absolute Gasteiger partial charge is 0.268 e. The first-order valence-corrected chi connectivity index (χ1v) is 9.53. The summed E-state index contributed by atoms with van der Waals surface area (Å²) in [6.45, 7) is 0. The van der Waals surface area contributed by atoms with Crippen molar-refractivity contribution < 1.29 is 4.79 Å². The summed E-state index contributed by atoms with van der Waals surface area (Å²) >= 11 is 6.04. The maximum absolute atomic E-state index is 13.0. The molecule has 1 amide bonds. The molecule has 3 nitrogen and oxygen atoms in total. The van der Waals surface area contributed by atoms with Crippen LogP contribution in [0.3, 0.4) is 0 Å². The summed E-state index contributed by atoms with van der Waals surface area (Å²) in [5, 5.41) is 6.92. The summed E-state index contributed by atoms with van der Waals surface area (Å²) in [6, 6.07) is 27.2. The molecule has 3 aromatic carbocycles. The molecule has 1 aliphatic heterocycles. The van der Waals surface area contributed by atoms with Gasteiger partial charge in [0.25, 0.3) is 5.91 Å². The smallest absolute Gasteiger partial charge is 0.267 e. The van der Waals surface area contributed by atoms with E-state index in [2.05, 4.69) is 5.10 Å². The van der Waals surface area contributed by atoms with Gasteiger partial charge in [-0.25, -0.2) is 5.01 Å². The first-order chi connectivity index (χ1) is 13.7. The van der Waals surface area contributed by atoms with E-state index in [0.29, 0.717) is 11.4 Å². The van der Waals surface area contributed by atoms with Gasteiger partial charge in [-0.1, -0.05) is 84.4 Å². The topological polar surface area (TPSA) is 32.7 Å². The molecule has 0 aromatic heterocycles. The van der Waals surface area contributed by atoms with E-state index in [1.54, 1.807) is 11.1 Å². The van der Waals surface area contributed by atoms with Crippen LogP contribution in [0.1, 0.15) is 29.2 Å². The van der Waals surface area contributed by atoms with Gasteiger partial charge in [-0.05, 0) is 34.9 Å². The monoisotopic (exact) mass is 386 g/mol. The van der Waals surface area contributed by atoms with Gasteiger partial charge in [-0.3, -0.25) is 4.79 Å². The van der Waals surface area contributed by atoms with Crippen molar-refractivity contribution in [1.29, 1.82) is 0 Å². The molecule has 138 valence electrons. The lowest BCUT2D eigenvalue weighted by atomic mass is 9.98. The average molecular weight is 387 g/mol. The number of carbonyl (C=O) groups excluding carboxylic acids is 1. The molecule has 1 unspecified atom stereocenters. The van der Waals surface area contributed by atoms with Crippen molar-refractivity contribution in [3.63, 3.8) is 0 Å². The van der Waals surface area contributed by atoms with Crippen molar-refractivity contribution in [2.75, 3.05) is 0 Å². The molecule has 1 aliphatic rings. The minimum Gasteiger partial charge on any atom is -0.268 e. The van der Waals surface area contributed by atoms with Gasteiger partial charge in [0.1, 0.15) is 0 Å². The van der Waals surface area contributed by atoms with Crippen LogP contribution in [0.25, 0.3) is 6.08 Å². The molecular formula is C24H19ClN2O. The predicted molar refractivity (Wildman–Crippen MR) is 114 cm³/mol. The van der Waals surface area contributed by atoms with Gasteiger partial charge >= 0.3 is 0 Å². The van der Waals surface area contributed by atoms with Crippen LogP contribution >= 0.6 is 11.6 Å². The van der Waals surface area contributed by atoms with Crippen LogP contribution in [0, 0.1) is 0 Å². The highest BCUT2D eigenvalue weighted by Crippen LogP contribution is 2.33. The van der Waals surface area contributed by atoms with Crippen molar-refractivity contribution in [3.05, 3.63) is 113 Å². The second kappa shape index (κ2) is 8.24. The van der Waals surface area contributed by atoms with E-state index in [4.69, 9.17) is 11.6 Å². The average Bonchev–Trinajstić information content (AvgIpc) is 3.19. The molecular weight excluding hydrogens is 368 g/mol. The van der Waals surface area contributed by atoms with Gasteiger partial charge < -0.3 is 0 Å². The van der Waals surface area contributed by atoms with E-state index in [1.165, 1.54) is 0 Å². The Kier molecular flexibility index (Phi) is 5.36. The summed E-state index contributed by atoms with van der Waals surface area (Å²) in [4.78, 5) is 13.0. The molecule has 0 aliphatic carbocycles. The third-order valence-electron chi connectivity index (χ3n) is 4.72. The predicted octanol–water partition coefficient (Wildman–Crippen LogP) is 5.73. The molecule has 0 bridgehead atoms. The summed E-state index contributed by atoms with van der Waals surface area (Å²) < 4.78 is 0. The van der Waals surface area contributed by atoms with Crippen LogP contribution in [0.4, 0.5) is 0 Å². The first kappa shape index (κ1) is 18.2. The maximum atomic E-state index is 13.0. The molecule has 1 heterocycles. The highest BCUT2D eigenvalue weighted by Gasteiger charge is 2.32. The van der Waals surface area contributed by atoms with Crippen molar-refractivity contribution >= 4 is 29.3 Å². The Morgan fingerprint density at radius 3 is 2.25 bits per heavy atom. The quantitative estimate of drug-likeness (QED) is 0.527. The highest BCUT2D eigenvalue weighted by atomic mass is 35.5. The Morgan fingerprint density at radius 1 is 0.929 bits per heavy atom. The molecule has 0 saturated carbocycles. The molecule has 0 fully saturated rings. The lowest BCUT2D eigenvalue weighted by Crippen LogP contribution is -2.25. The summed E-state index contributed by atoms with van der Waals surface area (Å²) in [6.07, 6.45) is 4.06. The fourth-order valence-electron chi connectivity index (χ4n) is 3.27. The molecule has 1 atom stereocenters. The van der Waals surface area contributed by atoms with E-state index in [1.807, 2.05) is 91.0 Å². The van der Waals surface area contributed by atoms with Gasteiger partial charge in [0.05, 0.1) is 11.8 Å². The number of benzene rings is 3. The summed E-state index contributed by atoms with van der Waals surface area (Å²) in [7, 11) is 0. The standard InChI is InChI=1S/C24H19ClN2O/c25-21-14-12-20(13-15-21)23-17-22(19-9-5-2-6-10-19)26-27(23)24(28)16-11-18-7-3-1-4-8-18/h1-16,23H,17H2/b16-11+. The van der Waals surface area contributed by atoms with Crippen LogP contribution in [0.5, 0.6) is 0 Å². The first-order valence-electron chi connectivity index (χ1n) is 9.15. The Labute approximate surface area is 169 Å². The number of hydrazone groups is 1. The number of hydrogen-bond donors (Lipinski definition) is 0. The van der Waals surface area contributed by atoms with Crippen LogP contribution < -0.4 is 0 Å². The van der Waals surface area contributed by atoms with E-state index < -0.39 is 0 Å². The third kappa shape index (κ3) is 4.05. The summed E-state index contributed by atoms with van der Waals surface area (Å²) in [5.74, 6) is -0.144. The normalized spacial score (nSPS) is 16.4. The SMILES string of the molecule is O=C(/C=C/c1ccccc1)N1N=C(c2ccccc2)CC1c1ccc(Cl)cc1. The van der Waals surface area contributed by atoms with Crippen molar-refractivity contribution in [2.24, 2.45) is 5.10 Å². The molecule has 3 aromatic rings. The van der Waals surface area contributed by atoms with Crippen molar-refractivity contribution in [3.8, 4) is 0 Å². The van der Waals surface area contributed by atoms with Crippen LogP contribution in [0.2, 0.25) is 5.02 Å². The van der Waals surface area contributed by atoms with Gasteiger partial charge in [0.15, 0.2) is 0 Å². The number of amides is 1. The third-order valence-corrected chi connectivity index (χ3v) is 4.97. The number of hydrogen-bond acceptors (Lipinski definition) is 2. The number of nitrogens with zero attached hydrogens (tertiary/aromatic N) is 2. The van der Waals surface area contributed by atoms with Gasteiger partial charge in [-0.2, -0.15) is 5.10 Å². The number of rotatable bonds is 4. The molecule has 0 spiro atoms. The molecule has 0 saturated heterocycles. The Balaban J connectivity index is 1.64. The Morgan fingerprint density at radius 2 is 1.57 bits per heavy atom. The molecule has 0 N–H and O–H groups in total. The van der Waals surface area contributed by atoms with E-state index >= 15 is 0 Å². The zero-order chi connectivity index (χ0) is 19.3. The zero-order valence-corrected chi connectivity index (χ0v) is 16.0. The minimum atomic E-state index is -0.152. The number of carbonyl (C=O) groups is 1. The van der Waals surface area contributed by atoms with E-state index in [0.717, 1.165) is 22.4 Å². The van der Waals surface area contributed by atoms with Crippen molar-refractivity contribution in [1.82, 2.24) is 5.01 Å². The highest BCUT2D eigenvalue weighted by molar-refractivity contribution is 6.30. The Bertz CT molecular complexity index is 1010. The fraction of sp³-hybridized carbons (Fsp3) is 0.0833. The van der Waals surface area contributed by atoms with E-state index in [9.17, 15) is 4.79 Å². The minimum absolute atomic E-state index is 0.144. The maximum Gasteiger partial charge on any atom is 0.267 e. The summed E-state index contributed by atoms with van der Waals surface area (Å²) in [5.41, 5.74) is 3.93. The second-order valence-corrected chi connectivity index (χ2v) is 7.05. The molecule has 28 heavy (non-hydrogen) atoms. The zero-order valence-electron chi connectivity index (χ0n) is 15.2. The van der Waals surface area contributed by atoms with Crippen LogP contribution in [-0.4, -0.2) is 16.6 Å². The van der Waals surface area contributed by atoms with Crippen LogP contribution in [-0.2, 0) is 4.79 Å². The van der Waals surface area contributed by atoms with E-state index in [-0.39, 0.29) is 11.9 Å². The lowest BCUT2D eigenvalue weighted by Gasteiger charge is -2.20. The number of halogens is 1. The van der Waals surface area contributed by atoms with Crippen LogP contribution in [0.15, 0.2) is 96.1 Å².